The molecule has 0 saturated heterocycles. The Morgan fingerprint density at radius 1 is 1.28 bits per heavy atom. The average Bonchev–Trinajstić information content (AvgIpc) is 3.16. The van der Waals surface area contributed by atoms with Crippen molar-refractivity contribution >= 4 is 9.84 Å². The summed E-state index contributed by atoms with van der Waals surface area (Å²) in [5, 5.41) is 11.6. The minimum Gasteiger partial charge on any atom is -0.334 e. The van der Waals surface area contributed by atoms with Crippen LogP contribution in [0.25, 0.3) is 11.5 Å². The highest BCUT2D eigenvalue weighted by molar-refractivity contribution is 7.90. The molecule has 1 aliphatic rings. The molecule has 0 N–H and O–H groups in total. The molecule has 0 unspecified atom stereocenters. The van der Waals surface area contributed by atoms with E-state index in [0.29, 0.717) is 17.6 Å². The predicted molar refractivity (Wildman–Crippen MR) is 88.3 cm³/mol. The molecule has 0 aliphatic heterocycles. The number of nitrogens with zero attached hydrogens (tertiary/aromatic N) is 5. The van der Waals surface area contributed by atoms with Gasteiger partial charge in [-0.15, -0.1) is 10.2 Å². The largest absolute Gasteiger partial charge is 0.334 e. The molecule has 9 heteroatoms. The Bertz CT molecular complexity index is 1030. The average molecular weight is 359 g/mol. The van der Waals surface area contributed by atoms with E-state index in [-0.39, 0.29) is 16.7 Å². The minimum absolute atomic E-state index is 0.0590. The highest BCUT2D eigenvalue weighted by Crippen LogP contribution is 2.39. The number of sulfone groups is 1. The summed E-state index contributed by atoms with van der Waals surface area (Å²) in [6.07, 6.45) is 2.05. The van der Waals surface area contributed by atoms with E-state index in [9.17, 15) is 8.42 Å². The molecule has 0 atom stereocenters. The fourth-order valence-electron chi connectivity index (χ4n) is 2.74. The van der Waals surface area contributed by atoms with Crippen LogP contribution in [0, 0.1) is 6.92 Å². The summed E-state index contributed by atoms with van der Waals surface area (Å²) >= 11 is 0. The first-order valence-corrected chi connectivity index (χ1v) is 9.61. The lowest BCUT2D eigenvalue weighted by atomic mass is 10.1. The first kappa shape index (κ1) is 15.9. The van der Waals surface area contributed by atoms with Gasteiger partial charge in [-0.25, -0.2) is 8.42 Å². The van der Waals surface area contributed by atoms with Crippen molar-refractivity contribution in [2.45, 2.75) is 36.6 Å². The Hall–Kier alpha value is -2.55. The molecule has 1 aliphatic carbocycles. The van der Waals surface area contributed by atoms with Crippen LogP contribution < -0.4 is 0 Å². The summed E-state index contributed by atoms with van der Waals surface area (Å²) in [6, 6.07) is 7.57. The van der Waals surface area contributed by atoms with Gasteiger partial charge < -0.3 is 9.09 Å². The monoisotopic (exact) mass is 359 g/mol. The number of hydrogen-bond acceptors (Lipinski definition) is 7. The summed E-state index contributed by atoms with van der Waals surface area (Å²) in [5.74, 6) is 1.06. The Labute approximate surface area is 144 Å². The molecule has 1 aromatic carbocycles. The lowest BCUT2D eigenvalue weighted by molar-refractivity contribution is 0.424. The van der Waals surface area contributed by atoms with Crippen LogP contribution >= 0.6 is 0 Å². The van der Waals surface area contributed by atoms with Crippen molar-refractivity contribution in [1.82, 2.24) is 24.9 Å². The van der Waals surface area contributed by atoms with E-state index in [1.165, 1.54) is 0 Å². The molecule has 1 fully saturated rings. The van der Waals surface area contributed by atoms with Crippen LogP contribution in [-0.4, -0.2) is 33.3 Å². The zero-order chi connectivity index (χ0) is 17.6. The van der Waals surface area contributed by atoms with Gasteiger partial charge in [0.15, 0.2) is 5.82 Å². The summed E-state index contributed by atoms with van der Waals surface area (Å²) in [6.45, 7) is 1.96. The van der Waals surface area contributed by atoms with Gasteiger partial charge in [-0.05, 0) is 31.9 Å². The van der Waals surface area contributed by atoms with Crippen molar-refractivity contribution in [3.63, 3.8) is 0 Å². The maximum atomic E-state index is 12.6. The third-order valence-electron chi connectivity index (χ3n) is 4.14. The molecule has 0 spiro atoms. The maximum absolute atomic E-state index is 12.6. The second-order valence-electron chi connectivity index (χ2n) is 6.32. The molecule has 2 heterocycles. The zero-order valence-electron chi connectivity index (χ0n) is 13.9. The molecule has 8 nitrogen and oxygen atoms in total. The standard InChI is InChI=1S/C16H17N5O3S/c1-10-4-3-5-12(8-10)15-17-13(20-24-15)9-25(22,23)16-19-18-14(21(16)2)11-6-7-11/h3-5,8,11H,6-7,9H2,1-2H3. The van der Waals surface area contributed by atoms with E-state index in [2.05, 4.69) is 20.3 Å². The summed E-state index contributed by atoms with van der Waals surface area (Å²) in [5.41, 5.74) is 1.81. The number of rotatable bonds is 5. The molecule has 0 bridgehead atoms. The SMILES string of the molecule is Cc1cccc(-c2nc(CS(=O)(=O)c3nnc(C4CC4)n3C)no2)c1. The second kappa shape index (κ2) is 5.76. The molecular formula is C16H17N5O3S. The fraction of sp³-hybridized carbons (Fsp3) is 0.375. The van der Waals surface area contributed by atoms with Crippen molar-refractivity contribution in [3.8, 4) is 11.5 Å². The molecule has 0 amide bonds. The van der Waals surface area contributed by atoms with Crippen molar-refractivity contribution in [2.75, 3.05) is 0 Å². The van der Waals surface area contributed by atoms with Crippen molar-refractivity contribution < 1.29 is 12.9 Å². The molecule has 2 aromatic heterocycles. The molecule has 25 heavy (non-hydrogen) atoms. The Balaban J connectivity index is 1.59. The van der Waals surface area contributed by atoms with Crippen LogP contribution in [0.4, 0.5) is 0 Å². The van der Waals surface area contributed by atoms with E-state index in [1.807, 2.05) is 31.2 Å². The highest BCUT2D eigenvalue weighted by atomic mass is 32.2. The summed E-state index contributed by atoms with van der Waals surface area (Å²) < 4.78 is 32.0. The first-order chi connectivity index (χ1) is 11.9. The van der Waals surface area contributed by atoms with Crippen molar-refractivity contribution in [2.24, 2.45) is 7.05 Å². The normalized spacial score (nSPS) is 14.8. The summed E-state index contributed by atoms with van der Waals surface area (Å²) in [7, 11) is -2.03. The van der Waals surface area contributed by atoms with Gasteiger partial charge in [0.25, 0.3) is 5.89 Å². The van der Waals surface area contributed by atoms with Crippen LogP contribution in [-0.2, 0) is 22.6 Å². The Morgan fingerprint density at radius 3 is 2.80 bits per heavy atom. The molecule has 4 rings (SSSR count). The highest BCUT2D eigenvalue weighted by Gasteiger charge is 2.33. The third-order valence-corrected chi connectivity index (χ3v) is 5.69. The van der Waals surface area contributed by atoms with E-state index < -0.39 is 9.84 Å². The van der Waals surface area contributed by atoms with Gasteiger partial charge in [-0.3, -0.25) is 0 Å². The quantitative estimate of drug-likeness (QED) is 0.686. The second-order valence-corrected chi connectivity index (χ2v) is 8.20. The van der Waals surface area contributed by atoms with Crippen molar-refractivity contribution in [3.05, 3.63) is 41.5 Å². The minimum atomic E-state index is -3.70. The van der Waals surface area contributed by atoms with Gasteiger partial charge in [0, 0.05) is 18.5 Å². The van der Waals surface area contributed by atoms with Gasteiger partial charge in [0.05, 0.1) is 0 Å². The maximum Gasteiger partial charge on any atom is 0.257 e. The molecule has 0 radical (unpaired) electrons. The number of aryl methyl sites for hydroxylation is 1. The molecular weight excluding hydrogens is 342 g/mol. The van der Waals surface area contributed by atoms with Gasteiger partial charge in [-0.1, -0.05) is 22.9 Å². The summed E-state index contributed by atoms with van der Waals surface area (Å²) in [4.78, 5) is 4.20. The number of hydrogen-bond donors (Lipinski definition) is 0. The number of aromatic nitrogens is 5. The van der Waals surface area contributed by atoms with E-state index in [4.69, 9.17) is 4.52 Å². The van der Waals surface area contributed by atoms with E-state index in [0.717, 1.165) is 24.0 Å². The van der Waals surface area contributed by atoms with Crippen LogP contribution in [0.1, 0.15) is 36.0 Å². The Kier molecular flexibility index (Phi) is 3.68. The van der Waals surface area contributed by atoms with Gasteiger partial charge in [0.1, 0.15) is 11.6 Å². The van der Waals surface area contributed by atoms with E-state index in [1.54, 1.807) is 11.6 Å². The number of benzene rings is 1. The molecule has 3 aromatic rings. The third kappa shape index (κ3) is 3.07. The van der Waals surface area contributed by atoms with Crippen LogP contribution in [0.5, 0.6) is 0 Å². The van der Waals surface area contributed by atoms with Crippen molar-refractivity contribution in [1.29, 1.82) is 0 Å². The zero-order valence-corrected chi connectivity index (χ0v) is 14.7. The van der Waals surface area contributed by atoms with Gasteiger partial charge >= 0.3 is 0 Å². The van der Waals surface area contributed by atoms with Crippen LogP contribution in [0.2, 0.25) is 0 Å². The van der Waals surface area contributed by atoms with Crippen LogP contribution in [0.3, 0.4) is 0 Å². The lowest BCUT2D eigenvalue weighted by Crippen LogP contribution is -2.12. The van der Waals surface area contributed by atoms with Gasteiger partial charge in [-0.2, -0.15) is 4.98 Å². The Morgan fingerprint density at radius 2 is 2.08 bits per heavy atom. The molecule has 130 valence electrons. The fourth-order valence-corrected chi connectivity index (χ4v) is 4.00. The predicted octanol–water partition coefficient (Wildman–Crippen LogP) is 2.02. The van der Waals surface area contributed by atoms with E-state index >= 15 is 0 Å². The first-order valence-electron chi connectivity index (χ1n) is 7.96. The smallest absolute Gasteiger partial charge is 0.257 e. The lowest BCUT2D eigenvalue weighted by Gasteiger charge is -2.02. The van der Waals surface area contributed by atoms with Crippen LogP contribution in [0.15, 0.2) is 33.9 Å². The topological polar surface area (TPSA) is 104 Å². The molecule has 1 saturated carbocycles. The van der Waals surface area contributed by atoms with Gasteiger partial charge in [0.2, 0.25) is 15.0 Å².